The van der Waals surface area contributed by atoms with Crippen LogP contribution in [0.25, 0.3) is 0 Å². The third-order valence-electron chi connectivity index (χ3n) is 4.15. The van der Waals surface area contributed by atoms with Gasteiger partial charge in [0.25, 0.3) is 0 Å². The van der Waals surface area contributed by atoms with Crippen LogP contribution in [0.5, 0.6) is 0 Å². The van der Waals surface area contributed by atoms with Crippen molar-refractivity contribution >= 4 is 8.80 Å². The first-order valence-corrected chi connectivity index (χ1v) is 9.86. The second kappa shape index (κ2) is 10.7. The zero-order valence-electron chi connectivity index (χ0n) is 14.0. The molecule has 0 aliphatic carbocycles. The summed E-state index contributed by atoms with van der Waals surface area (Å²) in [5, 5.41) is 0. The lowest BCUT2D eigenvalue weighted by Crippen LogP contribution is -2.50. The Morgan fingerprint density at radius 2 is 1.40 bits per heavy atom. The van der Waals surface area contributed by atoms with E-state index in [4.69, 9.17) is 19.1 Å². The van der Waals surface area contributed by atoms with Crippen LogP contribution in [0.15, 0.2) is 0 Å². The Morgan fingerprint density at radius 3 is 1.75 bits per heavy atom. The third kappa shape index (κ3) is 6.20. The first-order valence-electron chi connectivity index (χ1n) is 7.92. The summed E-state index contributed by atoms with van der Waals surface area (Å²) >= 11 is 0. The van der Waals surface area contributed by atoms with Crippen LogP contribution in [0.2, 0.25) is 6.04 Å². The lowest BCUT2D eigenvalue weighted by atomic mass is 9.81. The van der Waals surface area contributed by atoms with Crippen LogP contribution in [0.1, 0.15) is 53.9 Å². The van der Waals surface area contributed by atoms with Gasteiger partial charge in [0, 0.05) is 32.4 Å². The second-order valence-electron chi connectivity index (χ2n) is 5.10. The summed E-state index contributed by atoms with van der Waals surface area (Å²) in [6.07, 6.45) is 3.33. The van der Waals surface area contributed by atoms with Crippen molar-refractivity contribution in [1.29, 1.82) is 0 Å². The Labute approximate surface area is 125 Å². The van der Waals surface area contributed by atoms with E-state index in [-0.39, 0.29) is 5.41 Å². The highest BCUT2D eigenvalue weighted by Crippen LogP contribution is 2.32. The third-order valence-corrected chi connectivity index (χ3v) is 7.06. The molecule has 20 heavy (non-hydrogen) atoms. The van der Waals surface area contributed by atoms with Crippen molar-refractivity contribution < 1.29 is 13.3 Å². The van der Waals surface area contributed by atoms with Crippen LogP contribution < -0.4 is 11.3 Å². The predicted octanol–water partition coefficient (Wildman–Crippen LogP) is 2.69. The predicted molar refractivity (Wildman–Crippen MR) is 85.3 cm³/mol. The van der Waals surface area contributed by atoms with Gasteiger partial charge in [-0.2, -0.15) is 0 Å². The van der Waals surface area contributed by atoms with Gasteiger partial charge >= 0.3 is 8.80 Å². The number of nitrogens with one attached hydrogen (secondary N) is 1. The molecule has 0 atom stereocenters. The first-order chi connectivity index (χ1) is 9.57. The van der Waals surface area contributed by atoms with Crippen molar-refractivity contribution in [2.45, 2.75) is 59.9 Å². The molecule has 0 spiro atoms. The maximum Gasteiger partial charge on any atom is 0.502 e. The van der Waals surface area contributed by atoms with E-state index in [0.717, 1.165) is 19.3 Å². The van der Waals surface area contributed by atoms with Gasteiger partial charge in [-0.15, -0.1) is 0 Å². The Hall–Kier alpha value is 0.0169. The molecule has 0 aliphatic rings. The standard InChI is InChI=1S/C14H34N2O3Si/c1-6-14(7-2,8-3)13-19-20(17-9-4,18-10-5)12-11-16-15/h16H,6-13,15H2,1-5H3. The smallest absolute Gasteiger partial charge is 0.374 e. The molecule has 3 N–H and O–H groups in total. The van der Waals surface area contributed by atoms with E-state index in [9.17, 15) is 0 Å². The van der Waals surface area contributed by atoms with Gasteiger partial charge in [-0.25, -0.2) is 0 Å². The molecule has 122 valence electrons. The minimum Gasteiger partial charge on any atom is -0.374 e. The van der Waals surface area contributed by atoms with E-state index in [2.05, 4.69) is 26.2 Å². The number of hydrogen-bond acceptors (Lipinski definition) is 5. The molecule has 0 amide bonds. The molecule has 0 saturated heterocycles. The number of rotatable bonds is 13. The minimum absolute atomic E-state index is 0.225. The number of nitrogens with two attached hydrogens (primary N) is 1. The fourth-order valence-corrected chi connectivity index (χ4v) is 4.87. The van der Waals surface area contributed by atoms with Crippen molar-refractivity contribution in [2.24, 2.45) is 11.3 Å². The molecule has 0 aromatic heterocycles. The molecule has 0 bridgehead atoms. The summed E-state index contributed by atoms with van der Waals surface area (Å²) < 4.78 is 18.0. The van der Waals surface area contributed by atoms with Gasteiger partial charge in [-0.1, -0.05) is 20.8 Å². The Balaban J connectivity index is 4.83. The summed E-state index contributed by atoms with van der Waals surface area (Å²) in [7, 11) is -2.62. The summed E-state index contributed by atoms with van der Waals surface area (Å²) in [4.78, 5) is 0. The zero-order chi connectivity index (χ0) is 15.5. The van der Waals surface area contributed by atoms with Gasteiger partial charge in [0.1, 0.15) is 0 Å². The Morgan fingerprint density at radius 1 is 0.900 bits per heavy atom. The van der Waals surface area contributed by atoms with Crippen molar-refractivity contribution in [1.82, 2.24) is 5.43 Å². The highest BCUT2D eigenvalue weighted by atomic mass is 28.4. The van der Waals surface area contributed by atoms with Gasteiger partial charge in [0.05, 0.1) is 0 Å². The first kappa shape index (κ1) is 20.0. The van der Waals surface area contributed by atoms with Crippen molar-refractivity contribution in [3.05, 3.63) is 0 Å². The quantitative estimate of drug-likeness (QED) is 0.311. The molecule has 0 unspecified atom stereocenters. The maximum atomic E-state index is 6.25. The second-order valence-corrected chi connectivity index (χ2v) is 7.83. The van der Waals surface area contributed by atoms with E-state index in [1.165, 1.54) is 0 Å². The minimum atomic E-state index is -2.62. The van der Waals surface area contributed by atoms with Crippen molar-refractivity contribution in [3.8, 4) is 0 Å². The molecule has 0 fully saturated rings. The van der Waals surface area contributed by atoms with Crippen LogP contribution in [0, 0.1) is 5.41 Å². The molecule has 0 aromatic carbocycles. The van der Waals surface area contributed by atoms with Gasteiger partial charge in [0.15, 0.2) is 0 Å². The summed E-state index contributed by atoms with van der Waals surface area (Å²) in [6, 6.07) is 0.707. The van der Waals surface area contributed by atoms with Crippen LogP contribution in [0.4, 0.5) is 0 Å². The molecular weight excluding hydrogens is 272 g/mol. The van der Waals surface area contributed by atoms with Crippen LogP contribution in [0.3, 0.4) is 0 Å². The lowest BCUT2D eigenvalue weighted by molar-refractivity contribution is 0.0240. The van der Waals surface area contributed by atoms with Gasteiger partial charge in [0.2, 0.25) is 0 Å². The van der Waals surface area contributed by atoms with Crippen molar-refractivity contribution in [2.75, 3.05) is 26.4 Å². The van der Waals surface area contributed by atoms with Gasteiger partial charge in [-0.3, -0.25) is 11.3 Å². The van der Waals surface area contributed by atoms with E-state index in [1.54, 1.807) is 0 Å². The Bertz CT molecular complexity index is 224. The highest BCUT2D eigenvalue weighted by molar-refractivity contribution is 6.60. The monoisotopic (exact) mass is 306 g/mol. The topological polar surface area (TPSA) is 65.7 Å². The van der Waals surface area contributed by atoms with Crippen LogP contribution in [-0.2, 0) is 13.3 Å². The molecule has 0 saturated carbocycles. The van der Waals surface area contributed by atoms with E-state index >= 15 is 0 Å². The summed E-state index contributed by atoms with van der Waals surface area (Å²) in [5.74, 6) is 5.39. The van der Waals surface area contributed by atoms with E-state index in [1.807, 2.05) is 13.8 Å². The molecular formula is C14H34N2O3Si. The maximum absolute atomic E-state index is 6.25. The highest BCUT2D eigenvalue weighted by Gasteiger charge is 2.42. The Kier molecular flexibility index (Phi) is 10.7. The van der Waals surface area contributed by atoms with Gasteiger partial charge in [-0.05, 0) is 38.5 Å². The summed E-state index contributed by atoms with van der Waals surface area (Å²) in [6.45, 7) is 13.2. The molecule has 5 nitrogen and oxygen atoms in total. The number of hydrogen-bond donors (Lipinski definition) is 2. The van der Waals surface area contributed by atoms with Crippen LogP contribution in [-0.4, -0.2) is 35.2 Å². The SMILES string of the molecule is CCO[Si](CCNN)(OCC)OCC(CC)(CC)CC. The molecule has 0 aliphatic heterocycles. The molecule has 6 heteroatoms. The van der Waals surface area contributed by atoms with Crippen LogP contribution >= 0.6 is 0 Å². The average molecular weight is 307 g/mol. The molecule has 0 aromatic rings. The summed E-state index contributed by atoms with van der Waals surface area (Å²) in [5.41, 5.74) is 2.90. The molecule has 0 radical (unpaired) electrons. The zero-order valence-corrected chi connectivity index (χ0v) is 15.0. The number of hydrazine groups is 1. The normalized spacial score (nSPS) is 12.9. The van der Waals surface area contributed by atoms with E-state index < -0.39 is 8.80 Å². The molecule has 0 rings (SSSR count). The van der Waals surface area contributed by atoms with E-state index in [0.29, 0.717) is 32.4 Å². The average Bonchev–Trinajstić information content (AvgIpc) is 2.48. The lowest BCUT2D eigenvalue weighted by Gasteiger charge is -2.36. The van der Waals surface area contributed by atoms with Crippen molar-refractivity contribution in [3.63, 3.8) is 0 Å². The fourth-order valence-electron chi connectivity index (χ4n) is 2.33. The molecule has 0 heterocycles. The largest absolute Gasteiger partial charge is 0.502 e. The van der Waals surface area contributed by atoms with Gasteiger partial charge < -0.3 is 13.3 Å². The fraction of sp³-hybridized carbons (Fsp3) is 1.00.